The Labute approximate surface area is 182 Å². The maximum absolute atomic E-state index is 13.5. The van der Waals surface area contributed by atoms with Gasteiger partial charge in [0.15, 0.2) is 0 Å². The molecule has 1 aromatic heterocycles. The van der Waals surface area contributed by atoms with Gasteiger partial charge in [0.25, 0.3) is 5.91 Å². The molecular weight excluding hydrogens is 402 g/mol. The van der Waals surface area contributed by atoms with Gasteiger partial charge in [0.2, 0.25) is 6.41 Å². The zero-order valence-corrected chi connectivity index (χ0v) is 18.5. The Morgan fingerprint density at radius 3 is 2.00 bits per heavy atom. The predicted molar refractivity (Wildman–Crippen MR) is 118 cm³/mol. The van der Waals surface area contributed by atoms with Crippen LogP contribution < -0.4 is 11.1 Å². The van der Waals surface area contributed by atoms with E-state index in [0.29, 0.717) is 11.3 Å². The van der Waals surface area contributed by atoms with Gasteiger partial charge in [-0.15, -0.1) is 0 Å². The summed E-state index contributed by atoms with van der Waals surface area (Å²) in [5.41, 5.74) is 6.67. The molecule has 0 bridgehead atoms. The van der Waals surface area contributed by atoms with Crippen LogP contribution in [0.25, 0.3) is 0 Å². The Bertz CT molecular complexity index is 927. The highest BCUT2D eigenvalue weighted by Crippen LogP contribution is 2.10. The number of benzene rings is 2. The van der Waals surface area contributed by atoms with Crippen LogP contribution in [-0.2, 0) is 11.3 Å². The van der Waals surface area contributed by atoms with Gasteiger partial charge < -0.3 is 15.5 Å². The van der Waals surface area contributed by atoms with Crippen molar-refractivity contribution in [1.29, 1.82) is 0 Å². The van der Waals surface area contributed by atoms with E-state index in [4.69, 9.17) is 9.21 Å². The van der Waals surface area contributed by atoms with Gasteiger partial charge in [0.05, 0.1) is 18.4 Å². The van der Waals surface area contributed by atoms with E-state index in [2.05, 4.69) is 11.1 Å². The van der Waals surface area contributed by atoms with Crippen molar-refractivity contribution in [2.45, 2.75) is 41.2 Å². The van der Waals surface area contributed by atoms with Gasteiger partial charge in [-0.1, -0.05) is 32.0 Å². The minimum absolute atomic E-state index is 0.0437. The van der Waals surface area contributed by atoms with Crippen LogP contribution in [0.1, 0.15) is 46.7 Å². The van der Waals surface area contributed by atoms with Crippen LogP contribution in [-0.4, -0.2) is 12.3 Å². The zero-order chi connectivity index (χ0) is 23.8. The first-order valence-electron chi connectivity index (χ1n) is 9.73. The summed E-state index contributed by atoms with van der Waals surface area (Å²) in [5.74, 6) is -0.443. The van der Waals surface area contributed by atoms with Gasteiger partial charge in [0, 0.05) is 0 Å². The largest absolute Gasteiger partial charge is 0.467 e. The van der Waals surface area contributed by atoms with E-state index in [1.54, 1.807) is 38.1 Å². The normalized spacial score (nSPS) is 9.00. The molecule has 3 rings (SSSR count). The molecule has 0 unspecified atom stereocenters. The fraction of sp³-hybridized carbons (Fsp3) is 0.250. The van der Waals surface area contributed by atoms with Crippen molar-refractivity contribution in [1.82, 2.24) is 5.32 Å². The van der Waals surface area contributed by atoms with Crippen molar-refractivity contribution in [2.75, 3.05) is 0 Å². The number of hydrogen-bond donors (Lipinski definition) is 2. The van der Waals surface area contributed by atoms with Crippen LogP contribution in [0.3, 0.4) is 0 Å². The molecule has 3 aromatic rings. The van der Waals surface area contributed by atoms with Gasteiger partial charge in [-0.05, 0) is 67.8 Å². The molecule has 31 heavy (non-hydrogen) atoms. The summed E-state index contributed by atoms with van der Waals surface area (Å²) in [6.45, 7) is 9.66. The molecule has 1 heterocycles. The number of furan rings is 1. The van der Waals surface area contributed by atoms with Crippen molar-refractivity contribution in [3.05, 3.63) is 94.4 Å². The van der Waals surface area contributed by atoms with Crippen molar-refractivity contribution >= 4 is 12.3 Å². The topological polar surface area (TPSA) is 85.3 Å². The van der Waals surface area contributed by atoms with E-state index in [1.165, 1.54) is 24.5 Å². The molecule has 168 valence electrons. The standard InChI is InChI=1S/C13H12FNO2.C8H9F.C2H6.CH3NO/c1-9-4-5-11(12(14)7-9)13(16)15-8-10-3-2-6-17-10;1-6-3-4-7(2)8(9)5-6;1-2;2-1-3/h2-7H,8H2,1H3,(H,15,16);3-5H,1-2H3;1-2H3;1H,(H2,2,3). The van der Waals surface area contributed by atoms with Gasteiger partial charge >= 0.3 is 0 Å². The molecule has 2 amide bonds. The van der Waals surface area contributed by atoms with Crippen molar-refractivity contribution in [3.8, 4) is 0 Å². The second-order valence-corrected chi connectivity index (χ2v) is 6.13. The highest BCUT2D eigenvalue weighted by Gasteiger charge is 2.11. The Morgan fingerprint density at radius 1 is 1.00 bits per heavy atom. The first-order valence-corrected chi connectivity index (χ1v) is 9.73. The summed E-state index contributed by atoms with van der Waals surface area (Å²) in [7, 11) is 0. The van der Waals surface area contributed by atoms with E-state index in [0.717, 1.165) is 11.1 Å². The van der Waals surface area contributed by atoms with Crippen molar-refractivity contribution in [2.24, 2.45) is 5.73 Å². The molecule has 0 radical (unpaired) electrons. The van der Waals surface area contributed by atoms with E-state index < -0.39 is 11.7 Å². The highest BCUT2D eigenvalue weighted by molar-refractivity contribution is 5.94. The minimum atomic E-state index is -0.512. The summed E-state index contributed by atoms with van der Waals surface area (Å²) in [6.07, 6.45) is 1.77. The molecule has 3 N–H and O–H groups in total. The third kappa shape index (κ3) is 10.7. The van der Waals surface area contributed by atoms with Crippen molar-refractivity contribution < 1.29 is 22.8 Å². The number of nitrogens with two attached hydrogens (primary N) is 1. The maximum Gasteiger partial charge on any atom is 0.254 e. The molecule has 0 saturated carbocycles. The molecule has 0 fully saturated rings. The molecule has 7 heteroatoms. The fourth-order valence-electron chi connectivity index (χ4n) is 2.18. The molecule has 0 aliphatic heterocycles. The molecule has 2 aromatic carbocycles. The summed E-state index contributed by atoms with van der Waals surface area (Å²) in [4.78, 5) is 20.3. The molecule has 0 aliphatic rings. The number of hydrogen-bond acceptors (Lipinski definition) is 3. The Balaban J connectivity index is 0.000000540. The second-order valence-electron chi connectivity index (χ2n) is 6.13. The first-order chi connectivity index (χ1) is 14.8. The number of rotatable bonds is 3. The fourth-order valence-corrected chi connectivity index (χ4v) is 2.18. The molecular formula is C24H30F2N2O3. The Kier molecular flexibility index (Phi) is 13.6. The zero-order valence-electron chi connectivity index (χ0n) is 18.5. The number of halogens is 2. The van der Waals surface area contributed by atoms with E-state index in [9.17, 15) is 13.6 Å². The summed E-state index contributed by atoms with van der Waals surface area (Å²) in [5, 5.41) is 2.59. The average molecular weight is 433 g/mol. The van der Waals surface area contributed by atoms with Crippen LogP contribution in [0.4, 0.5) is 8.78 Å². The smallest absolute Gasteiger partial charge is 0.254 e. The van der Waals surface area contributed by atoms with Crippen LogP contribution in [0.5, 0.6) is 0 Å². The number of nitrogens with one attached hydrogen (secondary N) is 1. The van der Waals surface area contributed by atoms with Crippen LogP contribution >= 0.6 is 0 Å². The maximum atomic E-state index is 13.5. The molecule has 0 aliphatic carbocycles. The van der Waals surface area contributed by atoms with Crippen LogP contribution in [0, 0.1) is 32.4 Å². The summed E-state index contributed by atoms with van der Waals surface area (Å²) >= 11 is 0. The highest BCUT2D eigenvalue weighted by atomic mass is 19.1. The summed E-state index contributed by atoms with van der Waals surface area (Å²) in [6, 6.07) is 13.2. The lowest BCUT2D eigenvalue weighted by Gasteiger charge is -2.05. The average Bonchev–Trinajstić information content (AvgIpc) is 3.25. The predicted octanol–water partition coefficient (Wildman–Crippen LogP) is 5.23. The molecule has 0 spiro atoms. The van der Waals surface area contributed by atoms with Gasteiger partial charge in [-0.25, -0.2) is 8.78 Å². The lowest BCUT2D eigenvalue weighted by molar-refractivity contribution is -0.106. The Hall–Kier alpha value is -3.48. The third-order valence-corrected chi connectivity index (χ3v) is 3.70. The quantitative estimate of drug-likeness (QED) is 0.556. The number of carbonyl (C=O) groups is 2. The molecule has 0 atom stereocenters. The van der Waals surface area contributed by atoms with E-state index >= 15 is 0 Å². The number of carbonyl (C=O) groups excluding carboxylic acids is 2. The lowest BCUT2D eigenvalue weighted by Crippen LogP contribution is -2.23. The van der Waals surface area contributed by atoms with Gasteiger partial charge in [-0.3, -0.25) is 9.59 Å². The Morgan fingerprint density at radius 2 is 1.55 bits per heavy atom. The monoisotopic (exact) mass is 432 g/mol. The van der Waals surface area contributed by atoms with E-state index in [-0.39, 0.29) is 24.3 Å². The second kappa shape index (κ2) is 15.4. The number of amides is 2. The number of aryl methyl sites for hydroxylation is 3. The lowest BCUT2D eigenvalue weighted by atomic mass is 10.1. The first kappa shape index (κ1) is 27.5. The van der Waals surface area contributed by atoms with Gasteiger partial charge in [0.1, 0.15) is 17.4 Å². The van der Waals surface area contributed by atoms with E-state index in [1.807, 2.05) is 26.8 Å². The van der Waals surface area contributed by atoms with Crippen molar-refractivity contribution in [3.63, 3.8) is 0 Å². The summed E-state index contributed by atoms with van der Waals surface area (Å²) < 4.78 is 31.1. The molecule has 0 saturated heterocycles. The minimum Gasteiger partial charge on any atom is -0.467 e. The third-order valence-electron chi connectivity index (χ3n) is 3.70. The SMILES string of the molecule is CC.Cc1ccc(C(=O)NCc2ccco2)c(F)c1.Cc1ccc(C)c(F)c1.NC=O. The molecule has 5 nitrogen and oxygen atoms in total. The number of primary amides is 1. The van der Waals surface area contributed by atoms with Gasteiger partial charge in [-0.2, -0.15) is 0 Å². The van der Waals surface area contributed by atoms with Crippen LogP contribution in [0.2, 0.25) is 0 Å². The van der Waals surface area contributed by atoms with Crippen LogP contribution in [0.15, 0.2) is 59.2 Å².